The fourth-order valence-corrected chi connectivity index (χ4v) is 2.32. The summed E-state index contributed by atoms with van der Waals surface area (Å²) in [4.78, 5) is 12.1. The third-order valence-corrected chi connectivity index (χ3v) is 3.53. The third-order valence-electron chi connectivity index (χ3n) is 3.03. The minimum atomic E-state index is -0.702. The summed E-state index contributed by atoms with van der Waals surface area (Å²) in [5, 5.41) is 2.64. The van der Waals surface area contributed by atoms with Gasteiger partial charge in [-0.15, -0.1) is 0 Å². The van der Waals surface area contributed by atoms with E-state index in [1.165, 1.54) is 6.07 Å². The molecule has 0 aromatic heterocycles. The lowest BCUT2D eigenvalue weighted by atomic mass is 10.1. The van der Waals surface area contributed by atoms with Crippen LogP contribution in [0.4, 0.5) is 14.5 Å². The van der Waals surface area contributed by atoms with Gasteiger partial charge in [-0.1, -0.05) is 22.0 Å². The van der Waals surface area contributed by atoms with E-state index in [4.69, 9.17) is 5.73 Å². The van der Waals surface area contributed by atoms with Crippen molar-refractivity contribution in [2.24, 2.45) is 0 Å². The van der Waals surface area contributed by atoms with Crippen LogP contribution in [0.5, 0.6) is 0 Å². The summed E-state index contributed by atoms with van der Waals surface area (Å²) in [6.07, 6.45) is 0. The van der Waals surface area contributed by atoms with E-state index in [0.717, 1.165) is 16.6 Å². The standard InChI is InChI=1S/C15H13BrF2N2O/c1-8(11-5-3-10(17)7-13(11)18)20-15(21)12-4-2-9(16)6-14(12)19/h2-8H,19H2,1H3,(H,20,21). The Labute approximate surface area is 129 Å². The summed E-state index contributed by atoms with van der Waals surface area (Å²) in [6.45, 7) is 1.61. The second kappa shape index (κ2) is 6.22. The van der Waals surface area contributed by atoms with E-state index in [0.29, 0.717) is 11.3 Å². The Bertz CT molecular complexity index is 691. The van der Waals surface area contributed by atoms with E-state index in [2.05, 4.69) is 21.2 Å². The molecule has 0 heterocycles. The number of hydrogen-bond donors (Lipinski definition) is 2. The van der Waals surface area contributed by atoms with Crippen molar-refractivity contribution in [3.8, 4) is 0 Å². The maximum absolute atomic E-state index is 13.7. The summed E-state index contributed by atoms with van der Waals surface area (Å²) in [5.41, 5.74) is 6.59. The number of rotatable bonds is 3. The molecule has 0 aliphatic carbocycles. The normalized spacial score (nSPS) is 12.0. The number of anilines is 1. The zero-order valence-corrected chi connectivity index (χ0v) is 12.7. The molecule has 1 atom stereocenters. The smallest absolute Gasteiger partial charge is 0.253 e. The monoisotopic (exact) mass is 354 g/mol. The van der Waals surface area contributed by atoms with E-state index in [1.54, 1.807) is 25.1 Å². The largest absolute Gasteiger partial charge is 0.398 e. The molecule has 3 nitrogen and oxygen atoms in total. The van der Waals surface area contributed by atoms with E-state index < -0.39 is 23.6 Å². The van der Waals surface area contributed by atoms with Gasteiger partial charge < -0.3 is 11.1 Å². The van der Waals surface area contributed by atoms with Crippen LogP contribution in [0.3, 0.4) is 0 Å². The molecule has 0 saturated heterocycles. The van der Waals surface area contributed by atoms with Gasteiger partial charge in [0.25, 0.3) is 5.91 Å². The van der Waals surface area contributed by atoms with Crippen molar-refractivity contribution in [3.05, 3.63) is 63.6 Å². The van der Waals surface area contributed by atoms with E-state index in [1.807, 2.05) is 0 Å². The third kappa shape index (κ3) is 3.58. The number of nitrogen functional groups attached to an aromatic ring is 1. The summed E-state index contributed by atoms with van der Waals surface area (Å²) in [7, 11) is 0. The van der Waals surface area contributed by atoms with Gasteiger partial charge in [0.15, 0.2) is 0 Å². The molecular weight excluding hydrogens is 342 g/mol. The minimum Gasteiger partial charge on any atom is -0.398 e. The Kier molecular flexibility index (Phi) is 4.57. The predicted molar refractivity (Wildman–Crippen MR) is 80.8 cm³/mol. The number of hydrogen-bond acceptors (Lipinski definition) is 2. The maximum Gasteiger partial charge on any atom is 0.253 e. The fourth-order valence-electron chi connectivity index (χ4n) is 1.95. The van der Waals surface area contributed by atoms with Gasteiger partial charge >= 0.3 is 0 Å². The number of carbonyl (C=O) groups excluding carboxylic acids is 1. The lowest BCUT2D eigenvalue weighted by molar-refractivity contribution is 0.0940. The van der Waals surface area contributed by atoms with Gasteiger partial charge in [0.1, 0.15) is 11.6 Å². The molecule has 0 spiro atoms. The van der Waals surface area contributed by atoms with Crippen molar-refractivity contribution in [2.45, 2.75) is 13.0 Å². The van der Waals surface area contributed by atoms with Crippen molar-refractivity contribution in [1.29, 1.82) is 0 Å². The van der Waals surface area contributed by atoms with Crippen LogP contribution in [-0.4, -0.2) is 5.91 Å². The summed E-state index contributed by atoms with van der Waals surface area (Å²) >= 11 is 3.25. The van der Waals surface area contributed by atoms with Crippen LogP contribution in [0, 0.1) is 11.6 Å². The molecule has 3 N–H and O–H groups in total. The first kappa shape index (κ1) is 15.4. The number of benzene rings is 2. The Morgan fingerprint density at radius 2 is 1.95 bits per heavy atom. The lowest BCUT2D eigenvalue weighted by Gasteiger charge is -2.16. The molecule has 1 amide bonds. The zero-order chi connectivity index (χ0) is 15.6. The van der Waals surface area contributed by atoms with Crippen LogP contribution in [0.15, 0.2) is 40.9 Å². The van der Waals surface area contributed by atoms with Crippen LogP contribution in [-0.2, 0) is 0 Å². The van der Waals surface area contributed by atoms with E-state index >= 15 is 0 Å². The molecule has 6 heteroatoms. The highest BCUT2D eigenvalue weighted by molar-refractivity contribution is 9.10. The molecule has 0 saturated carbocycles. The second-order valence-corrected chi connectivity index (χ2v) is 5.51. The first-order valence-corrected chi connectivity index (χ1v) is 6.98. The van der Waals surface area contributed by atoms with Crippen molar-refractivity contribution < 1.29 is 13.6 Å². The van der Waals surface area contributed by atoms with Crippen molar-refractivity contribution in [2.75, 3.05) is 5.73 Å². The van der Waals surface area contributed by atoms with E-state index in [-0.39, 0.29) is 5.56 Å². The van der Waals surface area contributed by atoms with Gasteiger partial charge in [0.05, 0.1) is 11.6 Å². The number of carbonyl (C=O) groups is 1. The SMILES string of the molecule is CC(NC(=O)c1ccc(Br)cc1N)c1ccc(F)cc1F. The van der Waals surface area contributed by atoms with Gasteiger partial charge in [0, 0.05) is 21.8 Å². The van der Waals surface area contributed by atoms with Crippen molar-refractivity contribution in [1.82, 2.24) is 5.32 Å². The molecule has 1 unspecified atom stereocenters. The molecule has 0 aliphatic rings. The van der Waals surface area contributed by atoms with Gasteiger partial charge in [-0.05, 0) is 31.2 Å². The lowest BCUT2D eigenvalue weighted by Crippen LogP contribution is -2.28. The molecule has 0 fully saturated rings. The molecule has 0 aliphatic heterocycles. The van der Waals surface area contributed by atoms with Crippen LogP contribution in [0.1, 0.15) is 28.9 Å². The fraction of sp³-hybridized carbons (Fsp3) is 0.133. The number of nitrogens with one attached hydrogen (secondary N) is 1. The number of halogens is 3. The maximum atomic E-state index is 13.7. The molecule has 2 aromatic rings. The number of nitrogens with two attached hydrogens (primary N) is 1. The molecule has 0 radical (unpaired) electrons. The highest BCUT2D eigenvalue weighted by Crippen LogP contribution is 2.21. The van der Waals surface area contributed by atoms with Crippen LogP contribution in [0.2, 0.25) is 0 Å². The Balaban J connectivity index is 2.18. The summed E-state index contributed by atoms with van der Waals surface area (Å²) < 4.78 is 27.3. The Morgan fingerprint density at radius 3 is 2.57 bits per heavy atom. The minimum absolute atomic E-state index is 0.209. The second-order valence-electron chi connectivity index (χ2n) is 4.59. The van der Waals surface area contributed by atoms with Gasteiger partial charge in [-0.2, -0.15) is 0 Å². The van der Waals surface area contributed by atoms with Gasteiger partial charge in [0.2, 0.25) is 0 Å². The molecule has 21 heavy (non-hydrogen) atoms. The van der Waals surface area contributed by atoms with Crippen molar-refractivity contribution in [3.63, 3.8) is 0 Å². The average Bonchev–Trinajstić information content (AvgIpc) is 2.37. The molecular formula is C15H13BrF2N2O. The highest BCUT2D eigenvalue weighted by atomic mass is 79.9. The summed E-state index contributed by atoms with van der Waals surface area (Å²) in [5.74, 6) is -1.78. The molecule has 2 aromatic carbocycles. The topological polar surface area (TPSA) is 55.1 Å². The van der Waals surface area contributed by atoms with Crippen LogP contribution >= 0.6 is 15.9 Å². The number of amides is 1. The first-order chi connectivity index (χ1) is 9.88. The average molecular weight is 355 g/mol. The van der Waals surface area contributed by atoms with Gasteiger partial charge in [-0.25, -0.2) is 8.78 Å². The quantitative estimate of drug-likeness (QED) is 0.823. The first-order valence-electron chi connectivity index (χ1n) is 6.19. The molecule has 0 bridgehead atoms. The van der Waals surface area contributed by atoms with Crippen LogP contribution < -0.4 is 11.1 Å². The Hall–Kier alpha value is -1.95. The zero-order valence-electron chi connectivity index (χ0n) is 11.2. The summed E-state index contributed by atoms with van der Waals surface area (Å²) in [6, 6.07) is 7.50. The molecule has 2 rings (SSSR count). The van der Waals surface area contributed by atoms with Gasteiger partial charge in [-0.3, -0.25) is 4.79 Å². The van der Waals surface area contributed by atoms with E-state index in [9.17, 15) is 13.6 Å². The van der Waals surface area contributed by atoms with Crippen molar-refractivity contribution >= 4 is 27.5 Å². The highest BCUT2D eigenvalue weighted by Gasteiger charge is 2.16. The molecule has 110 valence electrons. The predicted octanol–water partition coefficient (Wildman–Crippen LogP) is 3.80. The van der Waals surface area contributed by atoms with Crippen LogP contribution in [0.25, 0.3) is 0 Å². The Morgan fingerprint density at radius 1 is 1.24 bits per heavy atom.